The van der Waals surface area contributed by atoms with Crippen LogP contribution in [0.4, 0.5) is 0 Å². The van der Waals surface area contributed by atoms with E-state index in [-0.39, 0.29) is 12.0 Å². The van der Waals surface area contributed by atoms with Gasteiger partial charge in [0.15, 0.2) is 0 Å². The molecule has 0 amide bonds. The summed E-state index contributed by atoms with van der Waals surface area (Å²) in [5.74, 6) is 0.761. The third-order valence-electron chi connectivity index (χ3n) is 7.02. The monoisotopic (exact) mass is 602 g/mol. The van der Waals surface area contributed by atoms with Crippen LogP contribution >= 0.6 is 27.5 Å². The van der Waals surface area contributed by atoms with Gasteiger partial charge in [0, 0.05) is 0 Å². The van der Waals surface area contributed by atoms with Crippen LogP contribution < -0.4 is 4.74 Å². The molecule has 6 rings (SSSR count). The number of hydrogen-bond donors (Lipinski definition) is 1. The minimum absolute atomic E-state index is 0.136. The molecule has 1 aromatic heterocycles. The van der Waals surface area contributed by atoms with Crippen molar-refractivity contribution in [2.75, 3.05) is 31.6 Å². The van der Waals surface area contributed by atoms with Gasteiger partial charge in [0.1, 0.15) is 0 Å². The molecule has 0 bridgehead atoms. The van der Waals surface area contributed by atoms with Gasteiger partial charge in [0.05, 0.1) is 0 Å². The second kappa shape index (κ2) is 9.24. The van der Waals surface area contributed by atoms with Gasteiger partial charge >= 0.3 is 218 Å². The zero-order valence-corrected chi connectivity index (χ0v) is 22.8. The average molecular weight is 604 g/mol. The van der Waals surface area contributed by atoms with E-state index in [2.05, 4.69) is 45.1 Å². The zero-order chi connectivity index (χ0) is 23.3. The summed E-state index contributed by atoms with van der Waals surface area (Å²) in [6.07, 6.45) is -0.338. The van der Waals surface area contributed by atoms with Crippen molar-refractivity contribution in [1.82, 2.24) is 9.88 Å². The summed E-state index contributed by atoms with van der Waals surface area (Å²) in [6.45, 7) is 3.32. The normalized spacial score (nSPS) is 28.4. The molecule has 0 saturated carbocycles. The van der Waals surface area contributed by atoms with Crippen LogP contribution in [0.1, 0.15) is 17.2 Å². The standard InChI is InChI=1S/C26H25AsBrClN2O3/c28-19-8-6-18(7-9-19)23-21(29)14-22-24(30-23)26(32)25(34-22)20(17-4-2-1-3-5-17)15-27(26)16-31-10-12-33-13-11-31/h1-9,14,20,25,32H,10-13,15-16H2. The van der Waals surface area contributed by atoms with Crippen molar-refractivity contribution in [3.05, 3.63) is 81.4 Å². The van der Waals surface area contributed by atoms with Gasteiger partial charge in [-0.25, -0.2) is 0 Å². The molecule has 3 aliphatic heterocycles. The molecule has 3 aromatic rings. The Labute approximate surface area is 217 Å². The molecule has 2 fully saturated rings. The first-order valence-electron chi connectivity index (χ1n) is 11.5. The number of pyridine rings is 1. The quantitative estimate of drug-likeness (QED) is 0.434. The molecule has 0 radical (unpaired) electrons. The van der Waals surface area contributed by atoms with Crippen LogP contribution in [-0.2, 0) is 9.13 Å². The van der Waals surface area contributed by atoms with Gasteiger partial charge in [-0.15, -0.1) is 0 Å². The molecular weight excluding hydrogens is 579 g/mol. The summed E-state index contributed by atoms with van der Waals surface area (Å²) in [7, 11) is 0. The summed E-state index contributed by atoms with van der Waals surface area (Å²) in [5.41, 5.74) is 3.50. The van der Waals surface area contributed by atoms with Crippen LogP contribution in [0.5, 0.6) is 5.75 Å². The molecule has 3 aliphatic rings. The van der Waals surface area contributed by atoms with E-state index in [4.69, 9.17) is 26.1 Å². The van der Waals surface area contributed by atoms with Gasteiger partial charge in [-0.05, 0) is 0 Å². The summed E-state index contributed by atoms with van der Waals surface area (Å²) in [6, 6.07) is 20.3. The van der Waals surface area contributed by atoms with E-state index >= 15 is 0 Å². The van der Waals surface area contributed by atoms with Crippen molar-refractivity contribution >= 4 is 42.2 Å². The first kappa shape index (κ1) is 23.0. The molecule has 5 nitrogen and oxygen atoms in total. The summed E-state index contributed by atoms with van der Waals surface area (Å²) >= 11 is 8.29. The van der Waals surface area contributed by atoms with Gasteiger partial charge in [-0.2, -0.15) is 0 Å². The molecular formula is C26H25AsBrClN2O3. The fourth-order valence-electron chi connectivity index (χ4n) is 5.28. The number of ether oxygens (including phenoxy) is 2. The maximum absolute atomic E-state index is 12.5. The van der Waals surface area contributed by atoms with E-state index in [0.29, 0.717) is 22.2 Å². The number of aliphatic hydroxyl groups is 1. The number of nitrogens with zero attached hydrogens (tertiary/aromatic N) is 2. The van der Waals surface area contributed by atoms with Crippen molar-refractivity contribution in [1.29, 1.82) is 0 Å². The summed E-state index contributed by atoms with van der Waals surface area (Å²) < 4.78 is 12.0. The van der Waals surface area contributed by atoms with E-state index < -0.39 is 19.0 Å². The fraction of sp³-hybridized carbons (Fsp3) is 0.346. The first-order chi connectivity index (χ1) is 16.5. The Balaban J connectivity index is 1.43. The number of aromatic nitrogens is 1. The molecule has 2 aromatic carbocycles. The van der Waals surface area contributed by atoms with Crippen LogP contribution in [0.25, 0.3) is 11.3 Å². The summed E-state index contributed by atoms with van der Waals surface area (Å²) in [4.78, 5) is 7.46. The molecule has 4 heterocycles. The Hall–Kier alpha value is -1.40. The molecule has 8 heteroatoms. The number of hydrogen-bond acceptors (Lipinski definition) is 5. The van der Waals surface area contributed by atoms with Crippen molar-refractivity contribution in [2.24, 2.45) is 0 Å². The number of morpholine rings is 1. The minimum atomic E-state index is -1.88. The molecule has 1 N–H and O–H groups in total. The van der Waals surface area contributed by atoms with Crippen LogP contribution in [0.15, 0.2) is 65.1 Å². The number of halogens is 2. The Kier molecular flexibility index (Phi) is 6.25. The second-order valence-corrected chi connectivity index (χ2v) is 15.4. The Morgan fingerprint density at radius 3 is 2.59 bits per heavy atom. The van der Waals surface area contributed by atoms with Crippen molar-refractivity contribution in [3.63, 3.8) is 0 Å². The Morgan fingerprint density at radius 2 is 1.85 bits per heavy atom. The third kappa shape index (κ3) is 3.93. The molecule has 2 saturated heterocycles. The third-order valence-corrected chi connectivity index (χ3v) is 14.1. The van der Waals surface area contributed by atoms with E-state index in [1.807, 2.05) is 36.4 Å². The van der Waals surface area contributed by atoms with Crippen molar-refractivity contribution in [2.45, 2.75) is 21.6 Å². The first-order valence-corrected chi connectivity index (χ1v) is 16.3. The van der Waals surface area contributed by atoms with E-state index in [0.717, 1.165) is 46.9 Å². The van der Waals surface area contributed by atoms with E-state index in [1.54, 1.807) is 0 Å². The molecule has 4 atom stereocenters. The van der Waals surface area contributed by atoms with Gasteiger partial charge in [0.25, 0.3) is 0 Å². The van der Waals surface area contributed by atoms with Gasteiger partial charge in [-0.3, -0.25) is 0 Å². The average Bonchev–Trinajstić information content (AvgIpc) is 3.29. The van der Waals surface area contributed by atoms with Crippen LogP contribution in [0.3, 0.4) is 0 Å². The molecule has 0 aliphatic carbocycles. The predicted octanol–water partition coefficient (Wildman–Crippen LogP) is 4.82. The predicted molar refractivity (Wildman–Crippen MR) is 138 cm³/mol. The number of fused-ring (bicyclic) bond motifs is 3. The number of rotatable bonds is 4. The van der Waals surface area contributed by atoms with Gasteiger partial charge in [-0.1, -0.05) is 0 Å². The van der Waals surface area contributed by atoms with E-state index in [9.17, 15) is 5.11 Å². The molecule has 176 valence electrons. The van der Waals surface area contributed by atoms with Crippen LogP contribution in [0, 0.1) is 0 Å². The van der Waals surface area contributed by atoms with Crippen LogP contribution in [0.2, 0.25) is 10.2 Å². The van der Waals surface area contributed by atoms with Crippen LogP contribution in [-0.4, -0.2) is 67.4 Å². The van der Waals surface area contributed by atoms with Gasteiger partial charge in [0.2, 0.25) is 0 Å². The van der Waals surface area contributed by atoms with Gasteiger partial charge < -0.3 is 0 Å². The number of benzene rings is 2. The molecule has 34 heavy (non-hydrogen) atoms. The van der Waals surface area contributed by atoms with Crippen molar-refractivity contribution < 1.29 is 14.6 Å². The summed E-state index contributed by atoms with van der Waals surface area (Å²) in [5, 5.41) is 14.9. The Morgan fingerprint density at radius 1 is 1.12 bits per heavy atom. The zero-order valence-electron chi connectivity index (χ0n) is 18.5. The fourth-order valence-corrected chi connectivity index (χ4v) is 12.7. The second-order valence-electron chi connectivity index (χ2n) is 9.05. The maximum atomic E-state index is 12.5. The Bertz CT molecular complexity index is 1190. The topological polar surface area (TPSA) is 54.8 Å². The SMILES string of the molecule is OC12c3nc(-c4ccc(Br)cc4)c(Cl)cc3OC1C(c1ccccc1)C[As]2CN1CCOCC1. The molecule has 0 spiro atoms. The molecule has 4 unspecified atom stereocenters. The van der Waals surface area contributed by atoms with E-state index in [1.165, 1.54) is 5.56 Å². The van der Waals surface area contributed by atoms with Crippen molar-refractivity contribution in [3.8, 4) is 17.0 Å².